The first-order chi connectivity index (χ1) is 9.70. The maximum atomic E-state index is 13.3. The van der Waals surface area contributed by atoms with Gasteiger partial charge in [-0.2, -0.15) is 0 Å². The van der Waals surface area contributed by atoms with E-state index in [4.69, 9.17) is 28.9 Å². The van der Waals surface area contributed by atoms with Gasteiger partial charge in [-0.05, 0) is 30.3 Å². The summed E-state index contributed by atoms with van der Waals surface area (Å²) in [6.07, 6.45) is 0. The van der Waals surface area contributed by atoms with E-state index >= 15 is 0 Å². The van der Waals surface area contributed by atoms with E-state index in [9.17, 15) is 12.8 Å². The van der Waals surface area contributed by atoms with Gasteiger partial charge in [0.2, 0.25) is 0 Å². The van der Waals surface area contributed by atoms with E-state index in [0.717, 1.165) is 12.1 Å². The molecule has 0 saturated heterocycles. The van der Waals surface area contributed by atoms with Crippen molar-refractivity contribution in [3.63, 3.8) is 0 Å². The van der Waals surface area contributed by atoms with E-state index in [-0.39, 0.29) is 26.3 Å². The predicted molar refractivity (Wildman–Crippen MR) is 85.8 cm³/mol. The Morgan fingerprint density at radius 3 is 2.29 bits per heavy atom. The Morgan fingerprint density at radius 2 is 1.71 bits per heavy atom. The highest BCUT2D eigenvalue weighted by Crippen LogP contribution is 2.30. The Hall–Kier alpha value is -1.02. The van der Waals surface area contributed by atoms with Gasteiger partial charge in [0.25, 0.3) is 10.0 Å². The van der Waals surface area contributed by atoms with Crippen LogP contribution in [0.3, 0.4) is 0 Å². The molecule has 112 valence electrons. The molecular weight excluding hydrogens is 406 g/mol. The summed E-state index contributed by atoms with van der Waals surface area (Å²) in [4.78, 5) is -0.117. The number of hydrogen-bond acceptors (Lipinski definition) is 3. The van der Waals surface area contributed by atoms with Crippen LogP contribution < -0.4 is 10.5 Å². The van der Waals surface area contributed by atoms with E-state index in [2.05, 4.69) is 20.7 Å². The van der Waals surface area contributed by atoms with Gasteiger partial charge in [-0.25, -0.2) is 12.8 Å². The fourth-order valence-corrected chi connectivity index (χ4v) is 3.76. The maximum Gasteiger partial charge on any atom is 0.263 e. The predicted octanol–water partition coefficient (Wildman–Crippen LogP) is 4.28. The van der Waals surface area contributed by atoms with E-state index < -0.39 is 15.8 Å². The summed E-state index contributed by atoms with van der Waals surface area (Å²) in [5, 5.41) is -0.579. The Morgan fingerprint density at radius 1 is 1.14 bits per heavy atom. The van der Waals surface area contributed by atoms with Gasteiger partial charge >= 0.3 is 0 Å². The number of nitrogens with one attached hydrogen (secondary N) is 1. The van der Waals surface area contributed by atoms with Gasteiger partial charge in [-0.15, -0.1) is 0 Å². The molecule has 0 aliphatic carbocycles. The summed E-state index contributed by atoms with van der Waals surface area (Å²) in [5.41, 5.74) is 5.77. The summed E-state index contributed by atoms with van der Waals surface area (Å²) in [6, 6.07) is 6.65. The molecule has 0 saturated carbocycles. The average molecular weight is 414 g/mol. The van der Waals surface area contributed by atoms with Crippen LogP contribution in [0.1, 0.15) is 0 Å². The Balaban J connectivity index is 2.45. The van der Waals surface area contributed by atoms with Gasteiger partial charge in [0, 0.05) is 4.47 Å². The summed E-state index contributed by atoms with van der Waals surface area (Å²) < 4.78 is 40.7. The van der Waals surface area contributed by atoms with Gasteiger partial charge < -0.3 is 5.73 Å². The number of sulfonamides is 1. The molecule has 0 atom stereocenters. The minimum atomic E-state index is -3.96. The third kappa shape index (κ3) is 3.60. The third-order valence-electron chi connectivity index (χ3n) is 2.50. The highest BCUT2D eigenvalue weighted by molar-refractivity contribution is 9.10. The Kier molecular flexibility index (Phi) is 4.67. The van der Waals surface area contributed by atoms with Crippen LogP contribution in [0.4, 0.5) is 15.8 Å². The normalized spacial score (nSPS) is 11.4. The number of hydrogen-bond donors (Lipinski definition) is 2. The molecule has 0 heterocycles. The number of halogens is 4. The molecule has 3 N–H and O–H groups in total. The van der Waals surface area contributed by atoms with Crippen molar-refractivity contribution in [2.24, 2.45) is 0 Å². The largest absolute Gasteiger partial charge is 0.398 e. The van der Waals surface area contributed by atoms with Gasteiger partial charge in [-0.1, -0.05) is 39.1 Å². The quantitative estimate of drug-likeness (QED) is 0.582. The van der Waals surface area contributed by atoms with Crippen LogP contribution >= 0.6 is 39.1 Å². The van der Waals surface area contributed by atoms with Crippen molar-refractivity contribution in [2.45, 2.75) is 4.90 Å². The van der Waals surface area contributed by atoms with E-state index in [1.807, 2.05) is 0 Å². The number of nitrogen functional groups attached to an aromatic ring is 1. The van der Waals surface area contributed by atoms with Crippen molar-refractivity contribution >= 4 is 60.5 Å². The van der Waals surface area contributed by atoms with E-state index in [1.54, 1.807) is 6.07 Å². The summed E-state index contributed by atoms with van der Waals surface area (Å²) in [5.74, 6) is -0.816. The van der Waals surface area contributed by atoms with Crippen molar-refractivity contribution in [2.75, 3.05) is 10.5 Å². The molecule has 0 fully saturated rings. The molecule has 0 amide bonds. The lowest BCUT2D eigenvalue weighted by Gasteiger charge is -2.11. The SMILES string of the molecule is Nc1ccc(Br)cc1S(=O)(=O)Nc1cc(Cl)c(F)c(Cl)c1. The summed E-state index contributed by atoms with van der Waals surface area (Å²) >= 11 is 14.4. The van der Waals surface area contributed by atoms with Gasteiger partial charge in [0.1, 0.15) is 4.90 Å². The van der Waals surface area contributed by atoms with Crippen molar-refractivity contribution in [1.82, 2.24) is 0 Å². The summed E-state index contributed by atoms with van der Waals surface area (Å²) in [7, 11) is -3.96. The first kappa shape index (κ1) is 16.4. The Labute approximate surface area is 139 Å². The zero-order valence-corrected chi connectivity index (χ0v) is 14.1. The topological polar surface area (TPSA) is 72.2 Å². The number of rotatable bonds is 3. The molecule has 9 heteroatoms. The molecule has 4 nitrogen and oxygen atoms in total. The highest BCUT2D eigenvalue weighted by atomic mass is 79.9. The zero-order chi connectivity index (χ0) is 15.8. The maximum absolute atomic E-state index is 13.3. The number of anilines is 2. The molecule has 2 rings (SSSR count). The lowest BCUT2D eigenvalue weighted by molar-refractivity contribution is 0.601. The Bertz CT molecular complexity index is 792. The average Bonchev–Trinajstić information content (AvgIpc) is 2.38. The van der Waals surface area contributed by atoms with Crippen LogP contribution in [0, 0.1) is 5.82 Å². The second-order valence-electron chi connectivity index (χ2n) is 4.04. The minimum Gasteiger partial charge on any atom is -0.398 e. The monoisotopic (exact) mass is 412 g/mol. The standard InChI is InChI=1S/C12H8BrCl2FN2O2S/c13-6-1-2-10(17)11(3-6)21(19,20)18-7-4-8(14)12(16)9(15)5-7/h1-5,18H,17H2. The number of benzene rings is 2. The van der Waals surface area contributed by atoms with Crippen LogP contribution in [-0.4, -0.2) is 8.42 Å². The van der Waals surface area contributed by atoms with Gasteiger partial charge in [-0.3, -0.25) is 4.72 Å². The molecule has 0 aliphatic rings. The fourth-order valence-electron chi connectivity index (χ4n) is 1.57. The van der Waals surface area contributed by atoms with E-state index in [0.29, 0.717) is 4.47 Å². The molecule has 2 aromatic carbocycles. The van der Waals surface area contributed by atoms with Crippen molar-refractivity contribution in [3.8, 4) is 0 Å². The molecule has 0 spiro atoms. The highest BCUT2D eigenvalue weighted by Gasteiger charge is 2.19. The van der Waals surface area contributed by atoms with Crippen LogP contribution in [0.2, 0.25) is 10.0 Å². The lowest BCUT2D eigenvalue weighted by atomic mass is 10.3. The first-order valence-electron chi connectivity index (χ1n) is 5.43. The second kappa shape index (κ2) is 6.00. The minimum absolute atomic E-state index is 0.0331. The van der Waals surface area contributed by atoms with Crippen molar-refractivity contribution < 1.29 is 12.8 Å². The number of nitrogens with two attached hydrogens (primary N) is 1. The molecule has 0 aliphatic heterocycles. The molecule has 21 heavy (non-hydrogen) atoms. The van der Waals surface area contributed by atoms with Crippen LogP contribution in [0.5, 0.6) is 0 Å². The smallest absolute Gasteiger partial charge is 0.263 e. The third-order valence-corrected chi connectivity index (χ3v) is 4.98. The van der Waals surface area contributed by atoms with Crippen LogP contribution in [0.25, 0.3) is 0 Å². The second-order valence-corrected chi connectivity index (χ2v) is 7.42. The van der Waals surface area contributed by atoms with Crippen molar-refractivity contribution in [1.29, 1.82) is 0 Å². The molecule has 0 aromatic heterocycles. The van der Waals surface area contributed by atoms with Crippen molar-refractivity contribution in [3.05, 3.63) is 50.7 Å². The van der Waals surface area contributed by atoms with E-state index in [1.165, 1.54) is 12.1 Å². The molecule has 2 aromatic rings. The van der Waals surface area contributed by atoms with Gasteiger partial charge in [0.15, 0.2) is 5.82 Å². The molecular formula is C12H8BrCl2FN2O2S. The molecule has 0 bridgehead atoms. The lowest BCUT2D eigenvalue weighted by Crippen LogP contribution is -2.15. The molecule has 0 radical (unpaired) electrons. The van der Waals surface area contributed by atoms with Crippen LogP contribution in [0.15, 0.2) is 39.7 Å². The zero-order valence-electron chi connectivity index (χ0n) is 10.2. The first-order valence-corrected chi connectivity index (χ1v) is 8.46. The fraction of sp³-hybridized carbons (Fsp3) is 0. The van der Waals surface area contributed by atoms with Gasteiger partial charge in [0.05, 0.1) is 21.4 Å². The van der Waals surface area contributed by atoms with Crippen LogP contribution in [-0.2, 0) is 10.0 Å². The molecule has 0 unspecified atom stereocenters. The summed E-state index contributed by atoms with van der Waals surface area (Å²) in [6.45, 7) is 0.